The highest BCUT2D eigenvalue weighted by molar-refractivity contribution is 7.91. The van der Waals surface area contributed by atoms with Crippen LogP contribution in [-0.4, -0.2) is 32.5 Å². The van der Waals surface area contributed by atoms with Crippen molar-refractivity contribution in [2.24, 2.45) is 5.92 Å². The summed E-state index contributed by atoms with van der Waals surface area (Å²) in [7, 11) is -2.74. The quantitative estimate of drug-likeness (QED) is 0.735. The molecule has 1 rings (SSSR count). The van der Waals surface area contributed by atoms with E-state index in [1.165, 1.54) is 0 Å². The van der Waals surface area contributed by atoms with Crippen molar-refractivity contribution in [3.63, 3.8) is 0 Å². The topological polar surface area (TPSA) is 46.2 Å². The lowest BCUT2D eigenvalue weighted by Crippen LogP contribution is -2.31. The van der Waals surface area contributed by atoms with E-state index in [4.69, 9.17) is 0 Å². The van der Waals surface area contributed by atoms with Crippen LogP contribution >= 0.6 is 0 Å². The monoisotopic (exact) mass is 257 g/mol. The van der Waals surface area contributed by atoms with Crippen LogP contribution in [-0.2, 0) is 9.84 Å². The van der Waals surface area contributed by atoms with Gasteiger partial charge in [-0.15, -0.1) is 11.8 Å². The Bertz CT molecular complexity index is 378. The normalized spacial score (nSPS) is 24.0. The SMILES string of the molecule is CC#CCCC(CC1CCS(=O)(=O)C1)NCC. The molecule has 0 aromatic heterocycles. The molecule has 4 heteroatoms. The van der Waals surface area contributed by atoms with Crippen LogP contribution in [0.5, 0.6) is 0 Å². The third kappa shape index (κ3) is 5.56. The lowest BCUT2D eigenvalue weighted by molar-refractivity contribution is 0.396. The summed E-state index contributed by atoms with van der Waals surface area (Å²) in [6, 6.07) is 0.416. The van der Waals surface area contributed by atoms with Crippen LogP contribution in [0.1, 0.15) is 39.5 Å². The van der Waals surface area contributed by atoms with Crippen LogP contribution in [0.2, 0.25) is 0 Å². The van der Waals surface area contributed by atoms with Crippen LogP contribution in [0.15, 0.2) is 0 Å². The molecular formula is C13H23NO2S. The van der Waals surface area contributed by atoms with Crippen LogP contribution in [0, 0.1) is 17.8 Å². The molecule has 0 aromatic rings. The van der Waals surface area contributed by atoms with Crippen molar-refractivity contribution < 1.29 is 8.42 Å². The number of nitrogens with one attached hydrogen (secondary N) is 1. The standard InChI is InChI=1S/C13H23NO2S/c1-3-5-6-7-13(14-4-2)10-12-8-9-17(15,16)11-12/h12-14H,4,6-11H2,1-2H3. The fourth-order valence-corrected chi connectivity index (χ4v) is 4.30. The fraction of sp³-hybridized carbons (Fsp3) is 0.846. The van der Waals surface area contributed by atoms with Crippen molar-refractivity contribution in [1.29, 1.82) is 0 Å². The average molecular weight is 257 g/mol. The van der Waals surface area contributed by atoms with E-state index in [1.807, 2.05) is 6.92 Å². The molecular weight excluding hydrogens is 234 g/mol. The molecule has 2 unspecified atom stereocenters. The van der Waals surface area contributed by atoms with E-state index >= 15 is 0 Å². The first-order valence-corrected chi connectivity index (χ1v) is 8.23. The highest BCUT2D eigenvalue weighted by Crippen LogP contribution is 2.24. The molecule has 0 saturated carbocycles. The van der Waals surface area contributed by atoms with Crippen LogP contribution in [0.25, 0.3) is 0 Å². The molecule has 1 saturated heterocycles. The van der Waals surface area contributed by atoms with E-state index < -0.39 is 9.84 Å². The molecule has 0 bridgehead atoms. The first-order chi connectivity index (χ1) is 8.07. The zero-order chi connectivity index (χ0) is 12.7. The minimum Gasteiger partial charge on any atom is -0.314 e. The van der Waals surface area contributed by atoms with E-state index in [0.29, 0.717) is 23.5 Å². The summed E-state index contributed by atoms with van der Waals surface area (Å²) in [4.78, 5) is 0. The molecule has 17 heavy (non-hydrogen) atoms. The molecule has 0 spiro atoms. The third-order valence-corrected chi connectivity index (χ3v) is 5.07. The van der Waals surface area contributed by atoms with Gasteiger partial charge in [-0.2, -0.15) is 0 Å². The molecule has 0 amide bonds. The summed E-state index contributed by atoms with van der Waals surface area (Å²) in [6.45, 7) is 4.87. The lowest BCUT2D eigenvalue weighted by Gasteiger charge is -2.19. The minimum absolute atomic E-state index is 0.346. The van der Waals surface area contributed by atoms with Gasteiger partial charge in [-0.1, -0.05) is 6.92 Å². The largest absolute Gasteiger partial charge is 0.314 e. The van der Waals surface area contributed by atoms with Crippen LogP contribution < -0.4 is 5.32 Å². The lowest BCUT2D eigenvalue weighted by atomic mass is 9.96. The van der Waals surface area contributed by atoms with Gasteiger partial charge in [0.1, 0.15) is 0 Å². The number of rotatable bonds is 6. The first-order valence-electron chi connectivity index (χ1n) is 6.40. The predicted octanol–water partition coefficient (Wildman–Crippen LogP) is 1.59. The maximum Gasteiger partial charge on any atom is 0.150 e. The van der Waals surface area contributed by atoms with Gasteiger partial charge in [0.05, 0.1) is 11.5 Å². The predicted molar refractivity (Wildman–Crippen MR) is 71.5 cm³/mol. The Morgan fingerprint density at radius 1 is 1.47 bits per heavy atom. The molecule has 1 N–H and O–H groups in total. The van der Waals surface area contributed by atoms with E-state index in [2.05, 4.69) is 24.1 Å². The van der Waals surface area contributed by atoms with Gasteiger partial charge >= 0.3 is 0 Å². The van der Waals surface area contributed by atoms with Gasteiger partial charge in [0, 0.05) is 12.5 Å². The average Bonchev–Trinajstić information content (AvgIpc) is 2.59. The summed E-state index contributed by atoms with van der Waals surface area (Å²) in [5.41, 5.74) is 0. The zero-order valence-corrected chi connectivity index (χ0v) is 11.6. The molecule has 98 valence electrons. The van der Waals surface area contributed by atoms with Gasteiger partial charge in [-0.05, 0) is 38.6 Å². The summed E-state index contributed by atoms with van der Waals surface area (Å²) >= 11 is 0. The van der Waals surface area contributed by atoms with Crippen molar-refractivity contribution in [3.8, 4) is 11.8 Å². The van der Waals surface area contributed by atoms with Gasteiger partial charge < -0.3 is 5.32 Å². The second kappa shape index (κ2) is 7.03. The van der Waals surface area contributed by atoms with Gasteiger partial charge in [-0.25, -0.2) is 8.42 Å². The Morgan fingerprint density at radius 2 is 2.24 bits per heavy atom. The van der Waals surface area contributed by atoms with Crippen molar-refractivity contribution in [1.82, 2.24) is 5.32 Å². The van der Waals surface area contributed by atoms with E-state index in [0.717, 1.165) is 32.2 Å². The molecule has 0 aliphatic carbocycles. The fourth-order valence-electron chi connectivity index (χ4n) is 2.42. The van der Waals surface area contributed by atoms with E-state index in [-0.39, 0.29) is 0 Å². The summed E-state index contributed by atoms with van der Waals surface area (Å²) < 4.78 is 22.8. The maximum atomic E-state index is 11.4. The molecule has 0 aromatic carbocycles. The number of hydrogen-bond donors (Lipinski definition) is 1. The molecule has 1 aliphatic heterocycles. The Morgan fingerprint density at radius 3 is 2.76 bits per heavy atom. The number of hydrogen-bond acceptors (Lipinski definition) is 3. The van der Waals surface area contributed by atoms with E-state index in [1.54, 1.807) is 0 Å². The Kier molecular flexibility index (Phi) is 6.01. The smallest absolute Gasteiger partial charge is 0.150 e. The van der Waals surface area contributed by atoms with Gasteiger partial charge in [0.25, 0.3) is 0 Å². The Labute approximate surface area is 105 Å². The molecule has 2 atom stereocenters. The Hall–Kier alpha value is -0.530. The summed E-state index contributed by atoms with van der Waals surface area (Å²) in [5, 5.41) is 3.43. The number of sulfone groups is 1. The van der Waals surface area contributed by atoms with Gasteiger partial charge in [-0.3, -0.25) is 0 Å². The third-order valence-electron chi connectivity index (χ3n) is 3.23. The summed E-state index contributed by atoms with van der Waals surface area (Å²) in [6.07, 6.45) is 3.72. The second-order valence-corrected chi connectivity index (χ2v) is 6.95. The molecule has 3 nitrogen and oxygen atoms in total. The van der Waals surface area contributed by atoms with Crippen molar-refractivity contribution in [2.75, 3.05) is 18.1 Å². The highest BCUT2D eigenvalue weighted by atomic mass is 32.2. The van der Waals surface area contributed by atoms with Crippen molar-refractivity contribution in [3.05, 3.63) is 0 Å². The first kappa shape index (κ1) is 14.5. The Balaban J connectivity index is 2.40. The molecule has 1 heterocycles. The van der Waals surface area contributed by atoms with Crippen molar-refractivity contribution >= 4 is 9.84 Å². The van der Waals surface area contributed by atoms with Crippen molar-refractivity contribution in [2.45, 2.75) is 45.6 Å². The summed E-state index contributed by atoms with van der Waals surface area (Å²) in [5.74, 6) is 7.08. The molecule has 1 fully saturated rings. The van der Waals surface area contributed by atoms with Gasteiger partial charge in [0.2, 0.25) is 0 Å². The molecule has 0 radical (unpaired) electrons. The van der Waals surface area contributed by atoms with Gasteiger partial charge in [0.15, 0.2) is 9.84 Å². The van der Waals surface area contributed by atoms with E-state index in [9.17, 15) is 8.42 Å². The maximum absolute atomic E-state index is 11.4. The second-order valence-electron chi connectivity index (χ2n) is 4.72. The van der Waals surface area contributed by atoms with Crippen LogP contribution in [0.3, 0.4) is 0 Å². The molecule has 1 aliphatic rings. The minimum atomic E-state index is -2.74. The highest BCUT2D eigenvalue weighted by Gasteiger charge is 2.29. The van der Waals surface area contributed by atoms with Crippen LogP contribution in [0.4, 0.5) is 0 Å². The zero-order valence-electron chi connectivity index (χ0n) is 10.8.